The molecule has 0 bridgehead atoms. The molecule has 2 saturated carbocycles. The Kier molecular flexibility index (Phi) is 5.13. The van der Waals surface area contributed by atoms with Gasteiger partial charge in [-0.3, -0.25) is 14.6 Å². The van der Waals surface area contributed by atoms with Crippen LogP contribution in [0.2, 0.25) is 0 Å². The number of nitrogens with zero attached hydrogens (tertiary/aromatic N) is 4. The molecule has 2 aliphatic carbocycles. The van der Waals surface area contributed by atoms with Crippen LogP contribution in [-0.4, -0.2) is 51.5 Å². The number of pyridine rings is 1. The molecule has 3 fully saturated rings. The van der Waals surface area contributed by atoms with Crippen LogP contribution in [0.5, 0.6) is 0 Å². The van der Waals surface area contributed by atoms with Gasteiger partial charge in [0.15, 0.2) is 0 Å². The van der Waals surface area contributed by atoms with E-state index in [1.54, 1.807) is 0 Å². The highest BCUT2D eigenvalue weighted by atomic mass is 19.4. The zero-order valence-corrected chi connectivity index (χ0v) is 18.1. The first-order valence-corrected chi connectivity index (χ1v) is 11.2. The Hall–Kier alpha value is -1.93. The molecular formula is C23H29F3N4O. The minimum atomic E-state index is -4.41. The molecule has 5 nitrogen and oxygen atoms in total. The molecule has 0 spiro atoms. The number of morpholine rings is 1. The average Bonchev–Trinajstić information content (AvgIpc) is 3.09. The van der Waals surface area contributed by atoms with Gasteiger partial charge in [0.1, 0.15) is 0 Å². The zero-order chi connectivity index (χ0) is 21.9. The summed E-state index contributed by atoms with van der Waals surface area (Å²) < 4.78 is 47.0. The number of rotatable bonds is 4. The molecule has 5 atom stereocenters. The molecule has 0 radical (unpaired) electrons. The molecule has 168 valence electrons. The fourth-order valence-electron chi connectivity index (χ4n) is 5.75. The van der Waals surface area contributed by atoms with Crippen molar-refractivity contribution in [3.63, 3.8) is 0 Å². The van der Waals surface area contributed by atoms with E-state index in [-0.39, 0.29) is 6.04 Å². The number of halogens is 3. The van der Waals surface area contributed by atoms with Gasteiger partial charge in [0.2, 0.25) is 0 Å². The lowest BCUT2D eigenvalue weighted by Crippen LogP contribution is -2.49. The third-order valence-corrected chi connectivity index (χ3v) is 7.26. The van der Waals surface area contributed by atoms with E-state index in [4.69, 9.17) is 9.84 Å². The van der Waals surface area contributed by atoms with Crippen molar-refractivity contribution in [1.82, 2.24) is 19.7 Å². The highest BCUT2D eigenvalue weighted by molar-refractivity contribution is 5.60. The molecule has 8 heteroatoms. The summed E-state index contributed by atoms with van der Waals surface area (Å²) in [5.74, 6) is 1.73. The molecule has 3 heterocycles. The maximum atomic E-state index is 13.1. The van der Waals surface area contributed by atoms with Crippen LogP contribution in [-0.2, 0) is 10.9 Å². The van der Waals surface area contributed by atoms with Gasteiger partial charge in [-0.05, 0) is 57.6 Å². The Bertz CT molecular complexity index is 945. The number of fused-ring (bicyclic) bond motifs is 1. The molecule has 0 amide bonds. The zero-order valence-electron chi connectivity index (χ0n) is 18.1. The number of ether oxygens (including phenoxy) is 1. The SMILES string of the molecule is CC(C)n1nc(-c2cncc(C(F)(F)F)c2)cc1C1[C@H]2CC(N3CCOC[C@@H]3C)C[C@@H]12. The van der Waals surface area contributed by atoms with Gasteiger partial charge in [0.25, 0.3) is 0 Å². The molecule has 31 heavy (non-hydrogen) atoms. The van der Waals surface area contributed by atoms with Crippen LogP contribution in [0.1, 0.15) is 56.8 Å². The summed E-state index contributed by atoms with van der Waals surface area (Å²) in [5, 5.41) is 4.69. The normalized spacial score (nSPS) is 31.3. The van der Waals surface area contributed by atoms with Crippen molar-refractivity contribution in [3.8, 4) is 11.3 Å². The van der Waals surface area contributed by atoms with Crippen molar-refractivity contribution in [3.05, 3.63) is 35.8 Å². The second-order valence-electron chi connectivity index (χ2n) is 9.59. The molecular weight excluding hydrogens is 405 g/mol. The van der Waals surface area contributed by atoms with Gasteiger partial charge >= 0.3 is 6.18 Å². The average molecular weight is 435 g/mol. The second kappa shape index (κ2) is 7.59. The van der Waals surface area contributed by atoms with Gasteiger partial charge in [0, 0.05) is 54.2 Å². The Morgan fingerprint density at radius 1 is 1.13 bits per heavy atom. The highest BCUT2D eigenvalue weighted by Crippen LogP contribution is 2.64. The van der Waals surface area contributed by atoms with Gasteiger partial charge < -0.3 is 4.74 Å². The summed E-state index contributed by atoms with van der Waals surface area (Å²) >= 11 is 0. The fraction of sp³-hybridized carbons (Fsp3) is 0.652. The standard InChI is InChI=1S/C23H29F3N4O/c1-13(2)30-21(9-20(28-30)15-6-16(11-27-10-15)23(24,25)26)22-18-7-17(8-19(18)22)29-4-5-31-12-14(29)3/h6,9-11,13-14,17-19,22H,4-5,7-8,12H2,1-3H3/t14-,17?,18-,19+,22?/m0/s1. The minimum Gasteiger partial charge on any atom is -0.379 e. The predicted molar refractivity (Wildman–Crippen MR) is 111 cm³/mol. The Labute approximate surface area is 180 Å². The molecule has 0 N–H and O–H groups in total. The lowest BCUT2D eigenvalue weighted by molar-refractivity contribution is -0.137. The van der Waals surface area contributed by atoms with Crippen molar-refractivity contribution in [2.75, 3.05) is 19.8 Å². The first-order chi connectivity index (χ1) is 14.7. The van der Waals surface area contributed by atoms with E-state index in [0.717, 1.165) is 37.7 Å². The van der Waals surface area contributed by atoms with Crippen molar-refractivity contribution < 1.29 is 17.9 Å². The first kappa shape index (κ1) is 20.9. The minimum absolute atomic E-state index is 0.152. The van der Waals surface area contributed by atoms with Crippen molar-refractivity contribution >= 4 is 0 Å². The maximum Gasteiger partial charge on any atom is 0.417 e. The summed E-state index contributed by atoms with van der Waals surface area (Å²) in [5.41, 5.74) is 1.41. The van der Waals surface area contributed by atoms with Crippen molar-refractivity contribution in [1.29, 1.82) is 0 Å². The van der Waals surface area contributed by atoms with Gasteiger partial charge in [-0.2, -0.15) is 18.3 Å². The van der Waals surface area contributed by atoms with Gasteiger partial charge in [-0.1, -0.05) is 0 Å². The largest absolute Gasteiger partial charge is 0.417 e. The third kappa shape index (κ3) is 3.78. The number of hydrogen-bond donors (Lipinski definition) is 0. The van der Waals surface area contributed by atoms with E-state index < -0.39 is 11.7 Å². The molecule has 2 unspecified atom stereocenters. The van der Waals surface area contributed by atoms with E-state index >= 15 is 0 Å². The van der Waals surface area contributed by atoms with Crippen LogP contribution in [0, 0.1) is 11.8 Å². The summed E-state index contributed by atoms with van der Waals surface area (Å²) in [6.45, 7) is 9.01. The molecule has 2 aromatic rings. The number of hydrogen-bond acceptors (Lipinski definition) is 4. The lowest BCUT2D eigenvalue weighted by atomic mass is 10.0. The Balaban J connectivity index is 1.37. The van der Waals surface area contributed by atoms with Gasteiger partial charge in [-0.15, -0.1) is 0 Å². The van der Waals surface area contributed by atoms with Crippen LogP contribution < -0.4 is 0 Å². The number of alkyl halides is 3. The quantitative estimate of drug-likeness (QED) is 0.696. The maximum absolute atomic E-state index is 13.1. The van der Waals surface area contributed by atoms with Crippen molar-refractivity contribution in [2.45, 2.75) is 63.8 Å². The van der Waals surface area contributed by atoms with E-state index in [2.05, 4.69) is 30.7 Å². The summed E-state index contributed by atoms with van der Waals surface area (Å²) in [7, 11) is 0. The van der Waals surface area contributed by atoms with Crippen LogP contribution >= 0.6 is 0 Å². The lowest BCUT2D eigenvalue weighted by Gasteiger charge is -2.38. The summed E-state index contributed by atoms with van der Waals surface area (Å²) in [4.78, 5) is 6.42. The van der Waals surface area contributed by atoms with E-state index in [0.29, 0.717) is 41.1 Å². The molecule has 1 aliphatic heterocycles. The van der Waals surface area contributed by atoms with E-state index in [1.165, 1.54) is 19.0 Å². The second-order valence-corrected chi connectivity index (χ2v) is 9.59. The predicted octanol–water partition coefficient (Wildman–Crippen LogP) is 4.76. The van der Waals surface area contributed by atoms with E-state index in [9.17, 15) is 13.2 Å². The van der Waals surface area contributed by atoms with Crippen LogP contribution in [0.15, 0.2) is 24.5 Å². The molecule has 5 rings (SSSR count). The Morgan fingerprint density at radius 2 is 1.87 bits per heavy atom. The van der Waals surface area contributed by atoms with E-state index in [1.807, 2.05) is 10.7 Å². The van der Waals surface area contributed by atoms with Crippen LogP contribution in [0.4, 0.5) is 13.2 Å². The molecule has 1 saturated heterocycles. The van der Waals surface area contributed by atoms with Gasteiger partial charge in [0.05, 0.1) is 24.5 Å². The van der Waals surface area contributed by atoms with Crippen molar-refractivity contribution in [2.24, 2.45) is 11.8 Å². The third-order valence-electron chi connectivity index (χ3n) is 7.26. The molecule has 3 aliphatic rings. The molecule has 2 aromatic heterocycles. The van der Waals surface area contributed by atoms with Crippen LogP contribution in [0.25, 0.3) is 11.3 Å². The summed E-state index contributed by atoms with van der Waals surface area (Å²) in [6.07, 6.45) is 0.288. The number of aromatic nitrogens is 3. The fourth-order valence-corrected chi connectivity index (χ4v) is 5.75. The highest BCUT2D eigenvalue weighted by Gasteiger charge is 2.59. The molecule has 0 aromatic carbocycles. The summed E-state index contributed by atoms with van der Waals surface area (Å²) in [6, 6.07) is 4.38. The first-order valence-electron chi connectivity index (χ1n) is 11.2. The topological polar surface area (TPSA) is 43.2 Å². The van der Waals surface area contributed by atoms with Crippen LogP contribution in [0.3, 0.4) is 0 Å². The Morgan fingerprint density at radius 3 is 2.52 bits per heavy atom. The monoisotopic (exact) mass is 434 g/mol. The van der Waals surface area contributed by atoms with Gasteiger partial charge in [-0.25, -0.2) is 0 Å². The smallest absolute Gasteiger partial charge is 0.379 e.